The van der Waals surface area contributed by atoms with E-state index in [0.29, 0.717) is 96.9 Å². The molecule has 13 nitrogen and oxygen atoms in total. The van der Waals surface area contributed by atoms with Crippen molar-refractivity contribution in [3.8, 4) is 0 Å². The second kappa shape index (κ2) is 19.0. The standard InChI is InChI=1S/C28H43N7O6/c1-2-37-21-24-34-26-27(22-7-3-4-8-23(22)33-28(26)29)35(24)12-6-5-10-31-25(36)9-13-38-15-17-40-19-20-41-18-16-39-14-11-32-30/h3-4,7-8,32H,2,5-6,9-21H2,1H3,(H2,29,33)(H,31,36). The van der Waals surface area contributed by atoms with Crippen LogP contribution in [0.3, 0.4) is 0 Å². The molecule has 0 aliphatic rings. The molecule has 0 unspecified atom stereocenters. The van der Waals surface area contributed by atoms with Gasteiger partial charge in [0.05, 0.1) is 57.3 Å². The number of benzene rings is 1. The van der Waals surface area contributed by atoms with Crippen molar-refractivity contribution >= 4 is 33.7 Å². The summed E-state index contributed by atoms with van der Waals surface area (Å²) >= 11 is 0. The van der Waals surface area contributed by atoms with Crippen molar-refractivity contribution in [1.29, 1.82) is 0 Å². The molecule has 0 radical (unpaired) electrons. The minimum absolute atomic E-state index is 0.0359. The van der Waals surface area contributed by atoms with Gasteiger partial charge in [-0.15, -0.1) is 0 Å². The lowest BCUT2D eigenvalue weighted by atomic mass is 10.2. The molecule has 0 aliphatic carbocycles. The first-order chi connectivity index (χ1) is 20.2. The molecule has 0 saturated heterocycles. The van der Waals surface area contributed by atoms with Crippen LogP contribution in [0, 0.1) is 0 Å². The maximum absolute atomic E-state index is 12.2. The number of para-hydroxylation sites is 1. The summed E-state index contributed by atoms with van der Waals surface area (Å²) in [5.74, 6) is 1.20. The Hall–Kier alpha value is -3.23. The predicted octanol–water partition coefficient (Wildman–Crippen LogP) is 1.16. The third-order valence-electron chi connectivity index (χ3n) is 6.20. The molecule has 2 heterocycles. The van der Waals surface area contributed by atoms with E-state index < -0.39 is 0 Å². The van der Waals surface area contributed by atoms with Crippen LogP contribution in [-0.4, -0.2) is 93.0 Å². The largest absolute Gasteiger partial charge is 0.508 e. The number of nitrogens with two attached hydrogens (primary N) is 1. The van der Waals surface area contributed by atoms with E-state index in [1.54, 1.807) is 0 Å². The summed E-state index contributed by atoms with van der Waals surface area (Å²) in [4.78, 5) is 21.4. The third kappa shape index (κ3) is 10.9. The highest BCUT2D eigenvalue weighted by Gasteiger charge is 2.17. The van der Waals surface area contributed by atoms with E-state index in [0.717, 1.165) is 41.6 Å². The first kappa shape index (κ1) is 32.3. The molecular formula is C28H43N7O6. The molecular weight excluding hydrogens is 530 g/mol. The van der Waals surface area contributed by atoms with Gasteiger partial charge in [0.2, 0.25) is 5.91 Å². The van der Waals surface area contributed by atoms with Gasteiger partial charge in [-0.25, -0.2) is 9.97 Å². The van der Waals surface area contributed by atoms with E-state index in [2.05, 4.69) is 14.9 Å². The topological polar surface area (TPSA) is 168 Å². The Kier molecular flexibility index (Phi) is 15.0. The zero-order chi connectivity index (χ0) is 29.1. The van der Waals surface area contributed by atoms with Crippen molar-refractivity contribution in [1.82, 2.24) is 19.9 Å². The quantitative estimate of drug-likeness (QED) is 0.111. The smallest absolute Gasteiger partial charge is 0.222 e. The lowest BCUT2D eigenvalue weighted by molar-refractivity contribution is -0.484. The number of amides is 1. The molecule has 3 aromatic rings. The number of nitrogens with one attached hydrogen (secondary N) is 2. The average molecular weight is 574 g/mol. The van der Waals surface area contributed by atoms with Gasteiger partial charge in [-0.1, -0.05) is 18.2 Å². The zero-order valence-corrected chi connectivity index (χ0v) is 23.9. The zero-order valence-electron chi connectivity index (χ0n) is 23.9. The van der Waals surface area contributed by atoms with Gasteiger partial charge in [-0.2, -0.15) is 0 Å². The van der Waals surface area contributed by atoms with Crippen molar-refractivity contribution in [2.75, 3.05) is 78.3 Å². The van der Waals surface area contributed by atoms with E-state index in [-0.39, 0.29) is 5.91 Å². The summed E-state index contributed by atoms with van der Waals surface area (Å²) in [6.07, 6.45) is 1.98. The summed E-state index contributed by atoms with van der Waals surface area (Å²) < 4.78 is 29.3. The van der Waals surface area contributed by atoms with Crippen LogP contribution in [0.2, 0.25) is 0 Å². The number of ether oxygens (including phenoxy) is 5. The lowest BCUT2D eigenvalue weighted by Crippen LogP contribution is -2.64. The number of nitrogen functional groups attached to an aromatic ring is 1. The Morgan fingerprint density at radius 3 is 2.34 bits per heavy atom. The van der Waals surface area contributed by atoms with Gasteiger partial charge in [-0.05, 0) is 25.8 Å². The third-order valence-corrected chi connectivity index (χ3v) is 6.20. The SMILES string of the molecule is CCOCc1nc2c(N)nc3ccccc3c2n1CCCCNC(=O)CCOCCOCCOCCOCC[NH+]=[N-]. The lowest BCUT2D eigenvalue weighted by Gasteiger charge is -2.11. The summed E-state index contributed by atoms with van der Waals surface area (Å²) in [7, 11) is 0. The molecule has 3 rings (SSSR count). The van der Waals surface area contributed by atoms with Crippen LogP contribution in [0.5, 0.6) is 0 Å². The Balaban J connectivity index is 1.29. The number of imidazole rings is 1. The molecule has 0 atom stereocenters. The number of carbonyl (C=O) groups excluding carboxylic acids is 1. The Labute approximate surface area is 240 Å². The first-order valence-electron chi connectivity index (χ1n) is 14.2. The van der Waals surface area contributed by atoms with Crippen LogP contribution in [0.1, 0.15) is 32.0 Å². The molecule has 0 bridgehead atoms. The fourth-order valence-electron chi connectivity index (χ4n) is 4.20. The summed E-state index contributed by atoms with van der Waals surface area (Å²) in [6.45, 7) is 8.15. The summed E-state index contributed by atoms with van der Waals surface area (Å²) in [5.41, 5.74) is 17.2. The van der Waals surface area contributed by atoms with E-state index in [1.807, 2.05) is 36.3 Å². The normalized spacial score (nSPS) is 11.4. The molecule has 1 amide bonds. The number of pyridine rings is 1. The Morgan fingerprint density at radius 1 is 0.951 bits per heavy atom. The number of rotatable bonds is 23. The molecule has 0 aliphatic heterocycles. The van der Waals surface area contributed by atoms with Gasteiger partial charge >= 0.3 is 0 Å². The number of unbranched alkanes of at least 4 members (excludes halogenated alkanes) is 1. The maximum Gasteiger partial charge on any atom is 0.222 e. The number of hydrogen-bond donors (Lipinski definition) is 3. The van der Waals surface area contributed by atoms with Crippen LogP contribution in [0.25, 0.3) is 27.5 Å². The van der Waals surface area contributed by atoms with Gasteiger partial charge in [0.1, 0.15) is 24.6 Å². The second-order valence-corrected chi connectivity index (χ2v) is 9.19. The van der Waals surface area contributed by atoms with E-state index in [4.69, 9.17) is 39.9 Å². The van der Waals surface area contributed by atoms with Gasteiger partial charge in [0.25, 0.3) is 0 Å². The van der Waals surface area contributed by atoms with Crippen LogP contribution in [0.4, 0.5) is 5.82 Å². The number of nitrogens with zero attached hydrogens (tertiary/aromatic N) is 4. The average Bonchev–Trinajstić information content (AvgIpc) is 3.35. The summed E-state index contributed by atoms with van der Waals surface area (Å²) in [5, 5.41) is 5.99. The van der Waals surface area contributed by atoms with Crippen LogP contribution in [-0.2, 0) is 41.6 Å². The molecule has 4 N–H and O–H groups in total. The highest BCUT2D eigenvalue weighted by molar-refractivity contribution is 6.06. The van der Waals surface area contributed by atoms with E-state index in [1.165, 1.54) is 0 Å². The number of aromatic nitrogens is 3. The van der Waals surface area contributed by atoms with Crippen molar-refractivity contribution < 1.29 is 33.6 Å². The monoisotopic (exact) mass is 573 g/mol. The maximum atomic E-state index is 12.2. The van der Waals surface area contributed by atoms with Gasteiger partial charge in [-0.3, -0.25) is 4.79 Å². The molecule has 0 spiro atoms. The van der Waals surface area contributed by atoms with Crippen molar-refractivity contribution in [2.45, 2.75) is 39.3 Å². The van der Waals surface area contributed by atoms with Crippen LogP contribution < -0.4 is 16.2 Å². The molecule has 0 saturated carbocycles. The van der Waals surface area contributed by atoms with Crippen LogP contribution in [0.15, 0.2) is 24.3 Å². The van der Waals surface area contributed by atoms with E-state index in [9.17, 15) is 4.79 Å². The number of aryl methyl sites for hydroxylation is 1. The first-order valence-corrected chi connectivity index (χ1v) is 14.2. The van der Waals surface area contributed by atoms with Gasteiger partial charge in [0.15, 0.2) is 12.4 Å². The van der Waals surface area contributed by atoms with Crippen molar-refractivity contribution in [3.63, 3.8) is 0 Å². The molecule has 0 fully saturated rings. The molecule has 13 heteroatoms. The fourth-order valence-corrected chi connectivity index (χ4v) is 4.20. The Morgan fingerprint density at radius 2 is 1.63 bits per heavy atom. The highest BCUT2D eigenvalue weighted by atomic mass is 16.6. The molecule has 41 heavy (non-hydrogen) atoms. The van der Waals surface area contributed by atoms with Crippen molar-refractivity contribution in [2.24, 2.45) is 0 Å². The second-order valence-electron chi connectivity index (χ2n) is 9.19. The van der Waals surface area contributed by atoms with Gasteiger partial charge < -0.3 is 49.9 Å². The predicted molar refractivity (Wildman–Crippen MR) is 154 cm³/mol. The molecule has 1 aromatic carbocycles. The number of anilines is 1. The number of hydrogen-bond acceptors (Lipinski definition) is 9. The van der Waals surface area contributed by atoms with Gasteiger partial charge in [0, 0.05) is 31.5 Å². The van der Waals surface area contributed by atoms with E-state index >= 15 is 0 Å². The molecule has 2 aromatic heterocycles. The highest BCUT2D eigenvalue weighted by Crippen LogP contribution is 2.29. The van der Waals surface area contributed by atoms with Crippen molar-refractivity contribution in [3.05, 3.63) is 35.6 Å². The number of fused-ring (bicyclic) bond motifs is 3. The minimum atomic E-state index is -0.0359. The summed E-state index contributed by atoms with van der Waals surface area (Å²) in [6, 6.07) is 7.92. The minimum Gasteiger partial charge on any atom is -0.508 e. The number of carbonyl (C=O) groups is 1. The van der Waals surface area contributed by atoms with Crippen LogP contribution >= 0.6 is 0 Å². The molecule has 226 valence electrons. The fraction of sp³-hybridized carbons (Fsp3) is 0.607. The Bertz CT molecular complexity index is 1210.